The SMILES string of the molecule is CC(=NNC(=O)c1ccccc1Br)C1=C(O)c2ccccc2C1=O. The van der Waals surface area contributed by atoms with Crippen molar-refractivity contribution >= 4 is 39.1 Å². The minimum atomic E-state index is -0.412. The quantitative estimate of drug-likeness (QED) is 0.625. The van der Waals surface area contributed by atoms with Gasteiger partial charge in [-0.15, -0.1) is 0 Å². The van der Waals surface area contributed by atoms with Crippen molar-refractivity contribution in [2.75, 3.05) is 0 Å². The van der Waals surface area contributed by atoms with Crippen LogP contribution in [0.25, 0.3) is 5.76 Å². The van der Waals surface area contributed by atoms with Crippen LogP contribution in [0.15, 0.2) is 63.7 Å². The summed E-state index contributed by atoms with van der Waals surface area (Å²) in [5, 5.41) is 14.2. The summed E-state index contributed by atoms with van der Waals surface area (Å²) >= 11 is 3.30. The van der Waals surface area contributed by atoms with Crippen molar-refractivity contribution in [3.05, 3.63) is 75.3 Å². The molecule has 2 aromatic carbocycles. The average Bonchev–Trinajstić information content (AvgIpc) is 2.84. The van der Waals surface area contributed by atoms with Crippen LogP contribution in [0.5, 0.6) is 0 Å². The standard InChI is InChI=1S/C18H13BrN2O3/c1-10(20-21-18(24)13-8-4-5-9-14(13)19)15-16(22)11-6-2-3-7-12(11)17(15)23/h2-9,22H,1H3,(H,21,24). The molecule has 0 aromatic heterocycles. The van der Waals surface area contributed by atoms with Gasteiger partial charge in [0.15, 0.2) is 5.78 Å². The zero-order valence-electron chi connectivity index (χ0n) is 12.7. The molecule has 6 heteroatoms. The summed E-state index contributed by atoms with van der Waals surface area (Å²) in [7, 11) is 0. The van der Waals surface area contributed by atoms with E-state index in [9.17, 15) is 14.7 Å². The molecule has 0 bridgehead atoms. The Hall–Kier alpha value is -2.73. The Morgan fingerprint density at radius 1 is 1.08 bits per heavy atom. The Morgan fingerprint density at radius 2 is 1.71 bits per heavy atom. The fourth-order valence-electron chi connectivity index (χ4n) is 2.50. The van der Waals surface area contributed by atoms with Gasteiger partial charge in [0.25, 0.3) is 5.91 Å². The number of carbonyl (C=O) groups is 2. The Balaban J connectivity index is 1.85. The second kappa shape index (κ2) is 6.41. The highest BCUT2D eigenvalue weighted by atomic mass is 79.9. The molecular weight excluding hydrogens is 372 g/mol. The molecule has 3 rings (SSSR count). The molecule has 1 aliphatic rings. The molecule has 5 nitrogen and oxygen atoms in total. The van der Waals surface area contributed by atoms with E-state index in [-0.39, 0.29) is 22.8 Å². The number of halogens is 1. The number of aliphatic hydroxyl groups excluding tert-OH is 1. The molecule has 24 heavy (non-hydrogen) atoms. The molecule has 0 atom stereocenters. The number of nitrogens with zero attached hydrogens (tertiary/aromatic N) is 1. The van der Waals surface area contributed by atoms with Crippen LogP contribution in [0.3, 0.4) is 0 Å². The van der Waals surface area contributed by atoms with Gasteiger partial charge in [0.1, 0.15) is 5.76 Å². The normalized spacial score (nSPS) is 13.9. The Labute approximate surface area is 146 Å². The predicted molar refractivity (Wildman–Crippen MR) is 95.0 cm³/mol. The van der Waals surface area contributed by atoms with E-state index in [0.29, 0.717) is 21.2 Å². The molecule has 0 saturated heterocycles. The van der Waals surface area contributed by atoms with Crippen LogP contribution in [0.2, 0.25) is 0 Å². The van der Waals surface area contributed by atoms with E-state index in [1.807, 2.05) is 0 Å². The maximum Gasteiger partial charge on any atom is 0.272 e. The van der Waals surface area contributed by atoms with Crippen LogP contribution in [-0.2, 0) is 0 Å². The van der Waals surface area contributed by atoms with Gasteiger partial charge in [0.05, 0.1) is 16.8 Å². The van der Waals surface area contributed by atoms with Gasteiger partial charge < -0.3 is 5.11 Å². The highest BCUT2D eigenvalue weighted by molar-refractivity contribution is 9.10. The molecule has 0 saturated carbocycles. The minimum absolute atomic E-state index is 0.101. The van der Waals surface area contributed by atoms with E-state index in [4.69, 9.17) is 0 Å². The lowest BCUT2D eigenvalue weighted by molar-refractivity contribution is 0.0952. The molecule has 1 aliphatic carbocycles. The van der Waals surface area contributed by atoms with Crippen molar-refractivity contribution in [3.63, 3.8) is 0 Å². The number of rotatable bonds is 3. The second-order valence-electron chi connectivity index (χ2n) is 5.22. The summed E-state index contributed by atoms with van der Waals surface area (Å²) in [6.07, 6.45) is 0. The highest BCUT2D eigenvalue weighted by Crippen LogP contribution is 2.31. The summed E-state index contributed by atoms with van der Waals surface area (Å²) in [4.78, 5) is 24.6. The summed E-state index contributed by atoms with van der Waals surface area (Å²) in [6, 6.07) is 13.7. The zero-order chi connectivity index (χ0) is 17.3. The Bertz CT molecular complexity index is 916. The van der Waals surface area contributed by atoms with Gasteiger partial charge in [-0.1, -0.05) is 36.4 Å². The Kier molecular flexibility index (Phi) is 4.31. The van der Waals surface area contributed by atoms with Gasteiger partial charge in [-0.25, -0.2) is 5.43 Å². The molecule has 0 aliphatic heterocycles. The third-order valence-corrected chi connectivity index (χ3v) is 4.39. The maximum absolute atomic E-state index is 12.4. The Morgan fingerprint density at radius 3 is 2.38 bits per heavy atom. The summed E-state index contributed by atoms with van der Waals surface area (Å²) in [5.74, 6) is -0.837. The van der Waals surface area contributed by atoms with Crippen molar-refractivity contribution < 1.29 is 14.7 Å². The average molecular weight is 385 g/mol. The smallest absolute Gasteiger partial charge is 0.272 e. The number of benzene rings is 2. The van der Waals surface area contributed by atoms with Crippen LogP contribution >= 0.6 is 15.9 Å². The van der Waals surface area contributed by atoms with Crippen molar-refractivity contribution in [1.29, 1.82) is 0 Å². The van der Waals surface area contributed by atoms with Crippen molar-refractivity contribution in [2.45, 2.75) is 6.92 Å². The van der Waals surface area contributed by atoms with Crippen LogP contribution in [0.4, 0.5) is 0 Å². The van der Waals surface area contributed by atoms with E-state index >= 15 is 0 Å². The molecule has 1 amide bonds. The van der Waals surface area contributed by atoms with Crippen molar-refractivity contribution in [3.8, 4) is 0 Å². The zero-order valence-corrected chi connectivity index (χ0v) is 14.3. The number of carbonyl (C=O) groups excluding carboxylic acids is 2. The number of aliphatic hydroxyl groups is 1. The van der Waals surface area contributed by atoms with E-state index < -0.39 is 5.91 Å². The van der Waals surface area contributed by atoms with Crippen LogP contribution in [0.1, 0.15) is 33.2 Å². The summed E-state index contributed by atoms with van der Waals surface area (Å²) in [5.41, 5.74) is 4.08. The van der Waals surface area contributed by atoms with Crippen LogP contribution in [0, 0.1) is 0 Å². The summed E-state index contributed by atoms with van der Waals surface area (Å²) < 4.78 is 0.641. The van der Waals surface area contributed by atoms with Gasteiger partial charge in [-0.2, -0.15) is 5.10 Å². The van der Waals surface area contributed by atoms with Gasteiger partial charge in [0, 0.05) is 15.6 Å². The molecule has 0 heterocycles. The second-order valence-corrected chi connectivity index (χ2v) is 6.07. The third-order valence-electron chi connectivity index (χ3n) is 3.70. The first-order valence-corrected chi connectivity index (χ1v) is 7.97. The molecule has 0 fully saturated rings. The molecule has 0 radical (unpaired) electrons. The first-order valence-electron chi connectivity index (χ1n) is 7.17. The number of fused-ring (bicyclic) bond motifs is 1. The van der Waals surface area contributed by atoms with Gasteiger partial charge >= 0.3 is 0 Å². The van der Waals surface area contributed by atoms with E-state index in [1.165, 1.54) is 0 Å². The highest BCUT2D eigenvalue weighted by Gasteiger charge is 2.31. The number of hydrogen-bond acceptors (Lipinski definition) is 4. The number of hydrogen-bond donors (Lipinski definition) is 2. The van der Waals surface area contributed by atoms with E-state index in [1.54, 1.807) is 55.5 Å². The fraction of sp³-hybridized carbons (Fsp3) is 0.0556. The first kappa shape index (κ1) is 16.1. The molecule has 2 N–H and O–H groups in total. The number of amides is 1. The van der Waals surface area contributed by atoms with Gasteiger partial charge in [-0.05, 0) is 35.0 Å². The fourth-order valence-corrected chi connectivity index (χ4v) is 2.96. The third kappa shape index (κ3) is 2.76. The number of ketones is 1. The molecule has 120 valence electrons. The minimum Gasteiger partial charge on any atom is -0.506 e. The van der Waals surface area contributed by atoms with Crippen LogP contribution in [-0.4, -0.2) is 22.5 Å². The lowest BCUT2D eigenvalue weighted by atomic mass is 10.1. The number of hydrazone groups is 1. The molecule has 0 unspecified atom stereocenters. The number of Topliss-reactive ketones (excluding diaryl/α,β-unsaturated/α-hetero) is 1. The monoisotopic (exact) mass is 384 g/mol. The summed E-state index contributed by atoms with van der Waals surface area (Å²) in [6.45, 7) is 1.57. The largest absolute Gasteiger partial charge is 0.506 e. The number of allylic oxidation sites excluding steroid dienone is 1. The molecule has 0 spiro atoms. The van der Waals surface area contributed by atoms with Crippen molar-refractivity contribution in [2.24, 2.45) is 5.10 Å². The van der Waals surface area contributed by atoms with E-state index in [0.717, 1.165) is 0 Å². The topological polar surface area (TPSA) is 78.8 Å². The number of nitrogens with one attached hydrogen (secondary N) is 1. The maximum atomic E-state index is 12.4. The molecular formula is C18H13BrN2O3. The lowest BCUT2D eigenvalue weighted by Crippen LogP contribution is -2.21. The molecule has 2 aromatic rings. The predicted octanol–water partition coefficient (Wildman–Crippen LogP) is 3.72. The van der Waals surface area contributed by atoms with Crippen molar-refractivity contribution in [1.82, 2.24) is 5.43 Å². The van der Waals surface area contributed by atoms with E-state index in [2.05, 4.69) is 26.5 Å². The first-order chi connectivity index (χ1) is 11.5. The van der Waals surface area contributed by atoms with Crippen LogP contribution < -0.4 is 5.43 Å². The van der Waals surface area contributed by atoms with Gasteiger partial charge in [0.2, 0.25) is 0 Å². The lowest BCUT2D eigenvalue weighted by Gasteiger charge is -2.05. The van der Waals surface area contributed by atoms with Gasteiger partial charge in [-0.3, -0.25) is 9.59 Å².